The maximum Gasteiger partial charge on any atom is 0.330 e. The molecule has 1 heterocycles. The van der Waals surface area contributed by atoms with Crippen LogP contribution in [0.3, 0.4) is 0 Å². The fraction of sp³-hybridized carbons (Fsp3) is 0.826. The van der Waals surface area contributed by atoms with E-state index in [1.165, 1.54) is 6.92 Å². The zero-order valence-corrected chi connectivity index (χ0v) is 23.3. The first kappa shape index (κ1) is 26.3. The summed E-state index contributed by atoms with van der Waals surface area (Å²) in [6.07, 6.45) is 0.823. The number of carbonyl (C=O) groups is 2. The van der Waals surface area contributed by atoms with Crippen molar-refractivity contribution in [2.75, 3.05) is 6.61 Å². The van der Waals surface area contributed by atoms with Gasteiger partial charge < -0.3 is 18.3 Å². The summed E-state index contributed by atoms with van der Waals surface area (Å²) in [5.41, 5.74) is 0.979. The molecule has 0 spiro atoms. The number of hydrogen-bond donors (Lipinski definition) is 0. The minimum Gasteiger partial charge on any atom is -0.462 e. The van der Waals surface area contributed by atoms with Crippen LogP contribution in [0.15, 0.2) is 11.6 Å². The van der Waals surface area contributed by atoms with Crippen molar-refractivity contribution in [3.63, 3.8) is 0 Å². The van der Waals surface area contributed by atoms with Gasteiger partial charge >= 0.3 is 11.9 Å². The molecule has 178 valence electrons. The van der Waals surface area contributed by atoms with E-state index in [9.17, 15) is 9.59 Å². The molecule has 0 N–H and O–H groups in total. The van der Waals surface area contributed by atoms with Crippen molar-refractivity contribution in [3.8, 4) is 0 Å². The molecule has 1 fully saturated rings. The zero-order chi connectivity index (χ0) is 24.0. The fourth-order valence-electron chi connectivity index (χ4n) is 3.55. The SMILES string of the molecule is CC(=O)OC1C(O[Si](C)(C)C(C)(C)C)CC2=CC(=O)OCC2C1O[Si](C)(C)C(C)(C)C. The average Bonchev–Trinajstić information content (AvgIpc) is 2.54. The molecule has 31 heavy (non-hydrogen) atoms. The summed E-state index contributed by atoms with van der Waals surface area (Å²) in [5.74, 6) is -0.803. The Hall–Kier alpha value is -0.966. The first-order valence-electron chi connectivity index (χ1n) is 11.3. The highest BCUT2D eigenvalue weighted by Gasteiger charge is 2.53. The van der Waals surface area contributed by atoms with Crippen LogP contribution in [0.2, 0.25) is 36.3 Å². The van der Waals surface area contributed by atoms with Crippen molar-refractivity contribution in [2.45, 2.75) is 109 Å². The minimum absolute atomic E-state index is 0.000281. The number of hydrogen-bond acceptors (Lipinski definition) is 6. The summed E-state index contributed by atoms with van der Waals surface area (Å²) < 4.78 is 24.9. The zero-order valence-electron chi connectivity index (χ0n) is 21.3. The molecule has 0 aromatic carbocycles. The minimum atomic E-state index is -2.21. The number of ether oxygens (including phenoxy) is 2. The molecule has 1 aliphatic carbocycles. The van der Waals surface area contributed by atoms with Gasteiger partial charge in [0, 0.05) is 18.9 Å². The van der Waals surface area contributed by atoms with Crippen molar-refractivity contribution >= 4 is 28.6 Å². The molecule has 0 aromatic rings. The molecule has 4 unspecified atom stereocenters. The van der Waals surface area contributed by atoms with E-state index in [0.717, 1.165) is 5.57 Å². The maximum atomic E-state index is 12.1. The van der Waals surface area contributed by atoms with Crippen LogP contribution in [0.1, 0.15) is 54.9 Å². The average molecular weight is 471 g/mol. The lowest BCUT2D eigenvalue weighted by Crippen LogP contribution is -2.60. The van der Waals surface area contributed by atoms with Crippen molar-refractivity contribution < 1.29 is 27.9 Å². The number of rotatable bonds is 5. The Balaban J connectivity index is 2.52. The van der Waals surface area contributed by atoms with Crippen LogP contribution in [0.5, 0.6) is 0 Å². The van der Waals surface area contributed by atoms with Gasteiger partial charge in [0.2, 0.25) is 0 Å². The third kappa shape index (κ3) is 5.89. The Bertz CT molecular complexity index is 729. The Morgan fingerprint density at radius 3 is 1.97 bits per heavy atom. The molecule has 2 aliphatic rings. The van der Waals surface area contributed by atoms with E-state index in [0.29, 0.717) is 6.42 Å². The van der Waals surface area contributed by atoms with E-state index in [1.807, 2.05) is 0 Å². The molecule has 4 atom stereocenters. The van der Waals surface area contributed by atoms with Crippen molar-refractivity contribution in [1.82, 2.24) is 0 Å². The summed E-state index contributed by atoms with van der Waals surface area (Å²) in [4.78, 5) is 24.2. The van der Waals surface area contributed by atoms with E-state index in [-0.39, 0.29) is 40.6 Å². The van der Waals surface area contributed by atoms with Gasteiger partial charge in [0.25, 0.3) is 0 Å². The molecule has 6 nitrogen and oxygen atoms in total. The quantitative estimate of drug-likeness (QED) is 0.406. The standard InChI is InChI=1S/C23H42O6Si2/c1-15(24)27-21-18(28-30(8,9)22(2,3)4)12-16-13-19(25)26-14-17(16)20(21)29-31(10,11)23(5,6)7/h13,17-18,20-21H,12,14H2,1-11H3. The topological polar surface area (TPSA) is 71.1 Å². The van der Waals surface area contributed by atoms with Gasteiger partial charge in [0.05, 0.1) is 12.2 Å². The monoisotopic (exact) mass is 470 g/mol. The fourth-order valence-corrected chi connectivity index (χ4v) is 6.21. The van der Waals surface area contributed by atoms with Gasteiger partial charge in [-0.1, -0.05) is 47.1 Å². The Morgan fingerprint density at radius 1 is 0.968 bits per heavy atom. The van der Waals surface area contributed by atoms with E-state index >= 15 is 0 Å². The smallest absolute Gasteiger partial charge is 0.330 e. The molecule has 1 aliphatic heterocycles. The van der Waals surface area contributed by atoms with E-state index in [4.69, 9.17) is 18.3 Å². The van der Waals surface area contributed by atoms with E-state index < -0.39 is 28.8 Å². The Labute approximate surface area is 190 Å². The summed E-state index contributed by atoms with van der Waals surface area (Å²) in [7, 11) is -4.37. The molecule has 8 heteroatoms. The van der Waals surface area contributed by atoms with Crippen LogP contribution in [0.25, 0.3) is 0 Å². The second kappa shape index (κ2) is 8.76. The summed E-state index contributed by atoms with van der Waals surface area (Å²) in [6.45, 7) is 23.6. The largest absolute Gasteiger partial charge is 0.462 e. The second-order valence-electron chi connectivity index (χ2n) is 12.0. The van der Waals surface area contributed by atoms with Crippen LogP contribution < -0.4 is 0 Å². The number of cyclic esters (lactones) is 1. The van der Waals surface area contributed by atoms with Gasteiger partial charge in [0.1, 0.15) is 6.61 Å². The normalized spacial score (nSPS) is 27.8. The molecule has 0 aromatic heterocycles. The van der Waals surface area contributed by atoms with E-state index in [2.05, 4.69) is 67.7 Å². The lowest BCUT2D eigenvalue weighted by Gasteiger charge is -2.51. The van der Waals surface area contributed by atoms with Crippen molar-refractivity contribution in [1.29, 1.82) is 0 Å². The lowest BCUT2D eigenvalue weighted by molar-refractivity contribution is -0.170. The second-order valence-corrected chi connectivity index (χ2v) is 21.5. The predicted molar refractivity (Wildman–Crippen MR) is 127 cm³/mol. The molecular formula is C23H42O6Si2. The summed E-state index contributed by atoms with van der Waals surface area (Å²) in [6, 6.07) is 0. The van der Waals surface area contributed by atoms with Gasteiger partial charge in [0.15, 0.2) is 22.7 Å². The van der Waals surface area contributed by atoms with Crippen LogP contribution in [0.4, 0.5) is 0 Å². The number of esters is 2. The molecule has 0 saturated heterocycles. The van der Waals surface area contributed by atoms with Gasteiger partial charge in [-0.25, -0.2) is 4.79 Å². The maximum absolute atomic E-state index is 12.1. The van der Waals surface area contributed by atoms with Gasteiger partial charge in [-0.05, 0) is 42.7 Å². The Morgan fingerprint density at radius 2 is 1.48 bits per heavy atom. The van der Waals surface area contributed by atoms with Crippen LogP contribution >= 0.6 is 0 Å². The highest BCUT2D eigenvalue weighted by molar-refractivity contribution is 6.74. The van der Waals surface area contributed by atoms with Crippen LogP contribution in [-0.4, -0.2) is 53.5 Å². The molecule has 1 saturated carbocycles. The number of carbonyl (C=O) groups excluding carboxylic acids is 2. The lowest BCUT2D eigenvalue weighted by atomic mass is 9.78. The third-order valence-electron chi connectivity index (χ3n) is 7.50. The molecule has 0 bridgehead atoms. The van der Waals surface area contributed by atoms with Crippen molar-refractivity contribution in [3.05, 3.63) is 11.6 Å². The first-order valence-corrected chi connectivity index (χ1v) is 17.1. The molecule has 0 radical (unpaired) electrons. The number of fused-ring (bicyclic) bond motifs is 1. The molecule has 2 rings (SSSR count). The van der Waals surface area contributed by atoms with Crippen LogP contribution in [0, 0.1) is 5.92 Å². The van der Waals surface area contributed by atoms with E-state index in [1.54, 1.807) is 6.08 Å². The van der Waals surface area contributed by atoms with Crippen molar-refractivity contribution in [2.24, 2.45) is 5.92 Å². The Kier molecular flexibility index (Phi) is 7.43. The molecule has 0 amide bonds. The summed E-state index contributed by atoms with van der Waals surface area (Å²) >= 11 is 0. The third-order valence-corrected chi connectivity index (χ3v) is 16.5. The highest BCUT2D eigenvalue weighted by atomic mass is 28.4. The van der Waals surface area contributed by atoms with Crippen LogP contribution in [-0.2, 0) is 27.9 Å². The molecular weight excluding hydrogens is 428 g/mol. The first-order chi connectivity index (χ1) is 13.9. The predicted octanol–water partition coefficient (Wildman–Crippen LogP) is 5.20. The summed E-state index contributed by atoms with van der Waals surface area (Å²) in [5, 5.41) is -0.0174. The highest BCUT2D eigenvalue weighted by Crippen LogP contribution is 2.46. The van der Waals surface area contributed by atoms with Gasteiger partial charge in [-0.3, -0.25) is 4.79 Å². The van der Waals surface area contributed by atoms with Gasteiger partial charge in [-0.15, -0.1) is 0 Å². The van der Waals surface area contributed by atoms with Gasteiger partial charge in [-0.2, -0.15) is 0 Å².